The summed E-state index contributed by atoms with van der Waals surface area (Å²) >= 11 is 1.80. The molecule has 0 bridgehead atoms. The molecule has 2 atom stereocenters. The molecule has 22 heavy (non-hydrogen) atoms. The normalized spacial score (nSPS) is 19.5. The lowest BCUT2D eigenvalue weighted by atomic mass is 10.1. The third-order valence-electron chi connectivity index (χ3n) is 3.97. The molecule has 2 N–H and O–H groups in total. The monoisotopic (exact) mass is 318 g/mol. The molecule has 6 nitrogen and oxygen atoms in total. The van der Waals surface area contributed by atoms with E-state index in [0.717, 1.165) is 37.7 Å². The van der Waals surface area contributed by atoms with Gasteiger partial charge in [0.2, 0.25) is 0 Å². The maximum atomic E-state index is 4.33. The average molecular weight is 318 g/mol. The first-order valence-electron chi connectivity index (χ1n) is 7.63. The molecular formula is C15H22N6S. The SMILES string of the molecule is CN=C(NCC(C)c1cccs1)NC1CCc2ncnn2C1. The molecule has 0 saturated carbocycles. The molecule has 0 aliphatic carbocycles. The van der Waals surface area contributed by atoms with Gasteiger partial charge in [0.1, 0.15) is 12.2 Å². The number of guanidine groups is 1. The van der Waals surface area contributed by atoms with Gasteiger partial charge in [-0.1, -0.05) is 13.0 Å². The number of hydrogen-bond acceptors (Lipinski definition) is 4. The highest BCUT2D eigenvalue weighted by atomic mass is 32.1. The smallest absolute Gasteiger partial charge is 0.191 e. The Morgan fingerprint density at radius 2 is 2.50 bits per heavy atom. The standard InChI is InChI=1S/C15H22N6S/c1-11(13-4-3-7-22-13)8-17-15(16-2)20-12-5-6-14-18-10-19-21(14)9-12/h3-4,7,10-12H,5-6,8-9H2,1-2H3,(H2,16,17,20). The fourth-order valence-corrected chi connectivity index (χ4v) is 3.45. The molecule has 1 aliphatic rings. The van der Waals surface area contributed by atoms with Crippen molar-refractivity contribution in [3.8, 4) is 0 Å². The number of rotatable bonds is 4. The van der Waals surface area contributed by atoms with Crippen LogP contribution in [0.4, 0.5) is 0 Å². The first-order valence-corrected chi connectivity index (χ1v) is 8.51. The number of fused-ring (bicyclic) bond motifs is 1. The van der Waals surface area contributed by atoms with Gasteiger partial charge in [0.05, 0.1) is 6.54 Å². The van der Waals surface area contributed by atoms with Crippen LogP contribution < -0.4 is 10.6 Å². The Hall–Kier alpha value is -1.89. The van der Waals surface area contributed by atoms with Crippen LogP contribution >= 0.6 is 11.3 Å². The highest BCUT2D eigenvalue weighted by Crippen LogP contribution is 2.19. The van der Waals surface area contributed by atoms with Crippen LogP contribution in [0.25, 0.3) is 0 Å². The second-order valence-corrected chi connectivity index (χ2v) is 6.59. The van der Waals surface area contributed by atoms with E-state index in [4.69, 9.17) is 0 Å². The molecule has 0 saturated heterocycles. The topological polar surface area (TPSA) is 67.1 Å². The van der Waals surface area contributed by atoms with Crippen LogP contribution in [0.3, 0.4) is 0 Å². The minimum Gasteiger partial charge on any atom is -0.356 e. The summed E-state index contributed by atoms with van der Waals surface area (Å²) < 4.78 is 1.97. The molecule has 3 heterocycles. The van der Waals surface area contributed by atoms with Gasteiger partial charge in [-0.15, -0.1) is 11.3 Å². The summed E-state index contributed by atoms with van der Waals surface area (Å²) in [5, 5.41) is 13.3. The van der Waals surface area contributed by atoms with Crippen molar-refractivity contribution in [2.75, 3.05) is 13.6 Å². The summed E-state index contributed by atoms with van der Waals surface area (Å²) in [6.07, 6.45) is 3.65. The van der Waals surface area contributed by atoms with Crippen molar-refractivity contribution >= 4 is 17.3 Å². The number of aryl methyl sites for hydroxylation is 1. The first kappa shape index (κ1) is 15.0. The van der Waals surface area contributed by atoms with E-state index >= 15 is 0 Å². The van der Waals surface area contributed by atoms with Crippen molar-refractivity contribution in [3.63, 3.8) is 0 Å². The Labute approximate surface area is 134 Å². The molecule has 2 aromatic heterocycles. The van der Waals surface area contributed by atoms with E-state index in [-0.39, 0.29) is 0 Å². The van der Waals surface area contributed by atoms with Crippen LogP contribution in [-0.4, -0.2) is 40.4 Å². The molecule has 0 spiro atoms. The minimum absolute atomic E-state index is 0.345. The summed E-state index contributed by atoms with van der Waals surface area (Å²) in [6, 6.07) is 4.62. The van der Waals surface area contributed by atoms with E-state index < -0.39 is 0 Å². The van der Waals surface area contributed by atoms with Crippen molar-refractivity contribution in [2.24, 2.45) is 4.99 Å². The molecule has 0 aromatic carbocycles. The van der Waals surface area contributed by atoms with E-state index in [2.05, 4.69) is 50.1 Å². The lowest BCUT2D eigenvalue weighted by Crippen LogP contribution is -2.47. The van der Waals surface area contributed by atoms with E-state index in [1.165, 1.54) is 4.88 Å². The van der Waals surface area contributed by atoms with Crippen molar-refractivity contribution in [1.29, 1.82) is 0 Å². The van der Waals surface area contributed by atoms with Crippen molar-refractivity contribution in [2.45, 2.75) is 38.3 Å². The van der Waals surface area contributed by atoms with Crippen LogP contribution in [0, 0.1) is 0 Å². The fraction of sp³-hybridized carbons (Fsp3) is 0.533. The molecule has 2 aromatic rings. The molecule has 0 amide bonds. The largest absolute Gasteiger partial charge is 0.356 e. The van der Waals surface area contributed by atoms with Gasteiger partial charge in [-0.3, -0.25) is 4.99 Å². The van der Waals surface area contributed by atoms with Gasteiger partial charge >= 0.3 is 0 Å². The third-order valence-corrected chi connectivity index (χ3v) is 5.08. The summed E-state index contributed by atoms with van der Waals surface area (Å²) in [5.74, 6) is 2.41. The number of aliphatic imine (C=N–C) groups is 1. The van der Waals surface area contributed by atoms with E-state index in [1.807, 2.05) is 11.7 Å². The van der Waals surface area contributed by atoms with Crippen LogP contribution in [0.2, 0.25) is 0 Å². The van der Waals surface area contributed by atoms with Gasteiger partial charge in [-0.05, 0) is 17.9 Å². The van der Waals surface area contributed by atoms with Gasteiger partial charge in [0.25, 0.3) is 0 Å². The van der Waals surface area contributed by atoms with Crippen LogP contribution in [0.15, 0.2) is 28.8 Å². The first-order chi connectivity index (χ1) is 10.8. The zero-order valence-electron chi connectivity index (χ0n) is 13.0. The van der Waals surface area contributed by atoms with Crippen LogP contribution in [0.5, 0.6) is 0 Å². The van der Waals surface area contributed by atoms with E-state index in [0.29, 0.717) is 12.0 Å². The Bertz CT molecular complexity index is 618. The number of aromatic nitrogens is 3. The highest BCUT2D eigenvalue weighted by molar-refractivity contribution is 7.10. The lowest BCUT2D eigenvalue weighted by molar-refractivity contribution is 0.392. The van der Waals surface area contributed by atoms with Gasteiger partial charge in [-0.2, -0.15) is 5.10 Å². The predicted molar refractivity (Wildman–Crippen MR) is 89.4 cm³/mol. The number of thiophene rings is 1. The quantitative estimate of drug-likeness (QED) is 0.664. The molecule has 7 heteroatoms. The van der Waals surface area contributed by atoms with Gasteiger partial charge in [0, 0.05) is 36.9 Å². The molecule has 0 fully saturated rings. The van der Waals surface area contributed by atoms with Crippen molar-refractivity contribution in [1.82, 2.24) is 25.4 Å². The Morgan fingerprint density at radius 3 is 3.27 bits per heavy atom. The van der Waals surface area contributed by atoms with Crippen molar-refractivity contribution < 1.29 is 0 Å². The zero-order chi connectivity index (χ0) is 15.4. The maximum absolute atomic E-state index is 4.33. The molecule has 0 radical (unpaired) electrons. The fourth-order valence-electron chi connectivity index (χ4n) is 2.67. The summed E-state index contributed by atoms with van der Waals surface area (Å²) in [4.78, 5) is 9.99. The number of nitrogens with zero attached hydrogens (tertiary/aromatic N) is 4. The van der Waals surface area contributed by atoms with E-state index in [9.17, 15) is 0 Å². The Morgan fingerprint density at radius 1 is 1.59 bits per heavy atom. The highest BCUT2D eigenvalue weighted by Gasteiger charge is 2.20. The third kappa shape index (κ3) is 3.47. The van der Waals surface area contributed by atoms with Crippen LogP contribution in [0.1, 0.15) is 30.0 Å². The summed E-state index contributed by atoms with van der Waals surface area (Å²) in [7, 11) is 1.81. The lowest BCUT2D eigenvalue weighted by Gasteiger charge is -2.25. The van der Waals surface area contributed by atoms with Crippen LogP contribution in [-0.2, 0) is 13.0 Å². The average Bonchev–Trinajstić information content (AvgIpc) is 3.21. The Kier molecular flexibility index (Phi) is 4.72. The molecule has 118 valence electrons. The molecule has 3 rings (SSSR count). The van der Waals surface area contributed by atoms with Gasteiger partial charge in [-0.25, -0.2) is 9.67 Å². The van der Waals surface area contributed by atoms with Gasteiger partial charge in [0.15, 0.2) is 5.96 Å². The molecule has 1 aliphatic heterocycles. The Balaban J connectivity index is 1.50. The predicted octanol–water partition coefficient (Wildman–Crippen LogP) is 1.62. The number of hydrogen-bond donors (Lipinski definition) is 2. The number of nitrogens with one attached hydrogen (secondary N) is 2. The minimum atomic E-state index is 0.345. The maximum Gasteiger partial charge on any atom is 0.191 e. The van der Waals surface area contributed by atoms with E-state index in [1.54, 1.807) is 17.7 Å². The van der Waals surface area contributed by atoms with Gasteiger partial charge < -0.3 is 10.6 Å². The zero-order valence-corrected chi connectivity index (χ0v) is 13.8. The summed E-state index contributed by atoms with van der Waals surface area (Å²) in [6.45, 7) is 3.95. The molecular weight excluding hydrogens is 296 g/mol. The second-order valence-electron chi connectivity index (χ2n) is 5.61. The molecule has 2 unspecified atom stereocenters. The summed E-state index contributed by atoms with van der Waals surface area (Å²) in [5.41, 5.74) is 0. The second kappa shape index (κ2) is 6.91. The van der Waals surface area contributed by atoms with Crippen molar-refractivity contribution in [3.05, 3.63) is 34.5 Å².